The highest BCUT2D eigenvalue weighted by Gasteiger charge is 2.31. The van der Waals surface area contributed by atoms with Crippen molar-refractivity contribution in [3.05, 3.63) is 29.3 Å². The number of rotatable bonds is 3. The Hall–Kier alpha value is -1.14. The van der Waals surface area contributed by atoms with Crippen LogP contribution < -0.4 is 15.5 Å². The summed E-state index contributed by atoms with van der Waals surface area (Å²) in [5.41, 5.74) is 4.48. The normalized spacial score (nSPS) is 28.3. The van der Waals surface area contributed by atoms with Gasteiger partial charge in [0.2, 0.25) is 0 Å². The maximum absolute atomic E-state index is 5.70. The van der Waals surface area contributed by atoms with Crippen molar-refractivity contribution in [1.82, 2.24) is 15.5 Å². The van der Waals surface area contributed by atoms with Crippen LogP contribution in [0.25, 0.3) is 0 Å². The van der Waals surface area contributed by atoms with Crippen molar-refractivity contribution in [1.29, 1.82) is 0 Å². The third kappa shape index (κ3) is 3.11. The number of hydrogen-bond donors (Lipinski definition) is 2. The fraction of sp³-hybridized carbons (Fsp3) is 0.667. The Morgan fingerprint density at radius 2 is 2.26 bits per heavy atom. The van der Waals surface area contributed by atoms with Crippen LogP contribution in [0.5, 0.6) is 0 Å². The molecule has 2 atom stereocenters. The molecule has 2 fully saturated rings. The lowest BCUT2D eigenvalue weighted by Crippen LogP contribution is -2.58. The number of ether oxygens (including phenoxy) is 1. The van der Waals surface area contributed by atoms with Crippen LogP contribution in [0.4, 0.5) is 5.69 Å². The minimum atomic E-state index is 0.535. The van der Waals surface area contributed by atoms with Gasteiger partial charge in [0.15, 0.2) is 0 Å². The number of anilines is 1. The maximum Gasteiger partial charge on any atom is 0.0639 e. The van der Waals surface area contributed by atoms with Gasteiger partial charge in [-0.1, -0.05) is 12.1 Å². The van der Waals surface area contributed by atoms with E-state index < -0.39 is 0 Å². The first-order chi connectivity index (χ1) is 11.3. The van der Waals surface area contributed by atoms with Gasteiger partial charge < -0.3 is 20.3 Å². The van der Waals surface area contributed by atoms with Crippen molar-refractivity contribution >= 4 is 5.69 Å². The largest absolute Gasteiger partial charge is 0.378 e. The van der Waals surface area contributed by atoms with E-state index in [0.29, 0.717) is 12.1 Å². The quantitative estimate of drug-likeness (QED) is 0.847. The van der Waals surface area contributed by atoms with Gasteiger partial charge in [0.25, 0.3) is 0 Å². The van der Waals surface area contributed by atoms with Crippen molar-refractivity contribution in [3.63, 3.8) is 0 Å². The highest BCUT2D eigenvalue weighted by atomic mass is 16.5. The number of likely N-dealkylation sites (N-methyl/N-ethyl adjacent to an activating group) is 1. The summed E-state index contributed by atoms with van der Waals surface area (Å²) in [6.07, 6.45) is 1.12. The first-order valence-electron chi connectivity index (χ1n) is 8.90. The molecule has 1 aromatic rings. The van der Waals surface area contributed by atoms with Gasteiger partial charge in [-0.15, -0.1) is 0 Å². The molecule has 126 valence electrons. The molecule has 4 rings (SSSR count). The molecule has 5 heteroatoms. The molecule has 0 radical (unpaired) electrons. The molecule has 1 aromatic carbocycles. The summed E-state index contributed by atoms with van der Waals surface area (Å²) in [5.74, 6) is 0. The minimum absolute atomic E-state index is 0.535. The Balaban J connectivity index is 1.55. The summed E-state index contributed by atoms with van der Waals surface area (Å²) in [7, 11) is 2.03. The highest BCUT2D eigenvalue weighted by Crippen LogP contribution is 2.30. The zero-order valence-corrected chi connectivity index (χ0v) is 14.1. The van der Waals surface area contributed by atoms with Gasteiger partial charge in [-0.05, 0) is 30.7 Å². The minimum Gasteiger partial charge on any atom is -0.378 e. The van der Waals surface area contributed by atoms with E-state index in [1.54, 1.807) is 5.56 Å². The standard InChI is InChI=1S/C18H28N4O/c1-19-11-15-9-17-14(10-20-15)3-2-4-18(17)22-6-5-21-7-8-23-13-16(21)12-22/h2-4,15-16,19-20H,5-13H2,1H3. The van der Waals surface area contributed by atoms with E-state index in [1.165, 1.54) is 11.3 Å². The molecule has 3 aliphatic heterocycles. The smallest absolute Gasteiger partial charge is 0.0639 e. The molecule has 2 unspecified atom stereocenters. The third-order valence-electron chi connectivity index (χ3n) is 5.51. The van der Waals surface area contributed by atoms with Gasteiger partial charge in [-0.25, -0.2) is 0 Å². The zero-order chi connectivity index (χ0) is 15.6. The Bertz CT molecular complexity index is 550. The number of morpholine rings is 1. The van der Waals surface area contributed by atoms with Gasteiger partial charge in [0.05, 0.1) is 19.3 Å². The molecule has 0 aliphatic carbocycles. The molecule has 2 N–H and O–H groups in total. The average Bonchev–Trinajstić information content (AvgIpc) is 2.61. The van der Waals surface area contributed by atoms with Gasteiger partial charge in [0.1, 0.15) is 0 Å². The topological polar surface area (TPSA) is 39.8 Å². The third-order valence-corrected chi connectivity index (χ3v) is 5.51. The molecule has 0 bridgehead atoms. The van der Waals surface area contributed by atoms with Crippen molar-refractivity contribution in [3.8, 4) is 0 Å². The van der Waals surface area contributed by atoms with E-state index in [2.05, 4.69) is 38.6 Å². The van der Waals surface area contributed by atoms with E-state index in [4.69, 9.17) is 4.74 Å². The summed E-state index contributed by atoms with van der Waals surface area (Å²) in [6.45, 7) is 8.29. The summed E-state index contributed by atoms with van der Waals surface area (Å²) in [4.78, 5) is 5.19. The van der Waals surface area contributed by atoms with Crippen LogP contribution >= 0.6 is 0 Å². The monoisotopic (exact) mass is 316 g/mol. The SMILES string of the molecule is CNCC1Cc2c(cccc2N2CCN3CCOCC3C2)CN1. The second-order valence-corrected chi connectivity index (χ2v) is 6.97. The molecule has 5 nitrogen and oxygen atoms in total. The number of hydrogen-bond acceptors (Lipinski definition) is 5. The Kier molecular flexibility index (Phi) is 4.53. The number of benzene rings is 1. The second-order valence-electron chi connectivity index (χ2n) is 6.97. The van der Waals surface area contributed by atoms with Gasteiger partial charge in [-0.2, -0.15) is 0 Å². The fourth-order valence-corrected chi connectivity index (χ4v) is 4.25. The first-order valence-corrected chi connectivity index (χ1v) is 8.90. The summed E-state index contributed by atoms with van der Waals surface area (Å²) in [5, 5.41) is 6.95. The number of nitrogens with one attached hydrogen (secondary N) is 2. The van der Waals surface area contributed by atoms with Crippen LogP contribution in [0.15, 0.2) is 18.2 Å². The number of nitrogens with zero attached hydrogens (tertiary/aromatic N) is 2. The van der Waals surface area contributed by atoms with E-state index in [1.807, 2.05) is 7.05 Å². The van der Waals surface area contributed by atoms with E-state index >= 15 is 0 Å². The van der Waals surface area contributed by atoms with Crippen LogP contribution in [0.1, 0.15) is 11.1 Å². The Morgan fingerprint density at radius 1 is 1.30 bits per heavy atom. The van der Waals surface area contributed by atoms with Crippen molar-refractivity contribution < 1.29 is 4.74 Å². The van der Waals surface area contributed by atoms with E-state index in [0.717, 1.165) is 58.9 Å². The summed E-state index contributed by atoms with van der Waals surface area (Å²) in [6, 6.07) is 7.91. The molecule has 0 saturated carbocycles. The van der Waals surface area contributed by atoms with Gasteiger partial charge in [0, 0.05) is 51.0 Å². The van der Waals surface area contributed by atoms with Crippen molar-refractivity contribution in [2.75, 3.05) is 57.9 Å². The predicted octanol–water partition coefficient (Wildman–Crippen LogP) is 0.441. The lowest BCUT2D eigenvalue weighted by Gasteiger charge is -2.45. The van der Waals surface area contributed by atoms with Crippen LogP contribution in [0, 0.1) is 0 Å². The van der Waals surface area contributed by atoms with Crippen molar-refractivity contribution in [2.24, 2.45) is 0 Å². The Labute approximate surface area is 139 Å². The molecule has 0 aromatic heterocycles. The molecular weight excluding hydrogens is 288 g/mol. The predicted molar refractivity (Wildman–Crippen MR) is 93.1 cm³/mol. The summed E-state index contributed by atoms with van der Waals surface area (Å²) < 4.78 is 5.70. The van der Waals surface area contributed by atoms with Crippen LogP contribution in [0.3, 0.4) is 0 Å². The lowest BCUT2D eigenvalue weighted by molar-refractivity contribution is -0.0117. The number of fused-ring (bicyclic) bond motifs is 2. The molecule has 0 amide bonds. The first kappa shape index (κ1) is 15.4. The van der Waals surface area contributed by atoms with E-state index in [-0.39, 0.29) is 0 Å². The molecule has 3 aliphatic rings. The highest BCUT2D eigenvalue weighted by molar-refractivity contribution is 5.58. The fourth-order valence-electron chi connectivity index (χ4n) is 4.25. The van der Waals surface area contributed by atoms with Crippen LogP contribution in [0.2, 0.25) is 0 Å². The maximum atomic E-state index is 5.70. The van der Waals surface area contributed by atoms with Gasteiger partial charge in [-0.3, -0.25) is 4.90 Å². The molecular formula is C18H28N4O. The molecule has 2 saturated heterocycles. The average molecular weight is 316 g/mol. The molecule has 23 heavy (non-hydrogen) atoms. The van der Waals surface area contributed by atoms with E-state index in [9.17, 15) is 0 Å². The van der Waals surface area contributed by atoms with Crippen LogP contribution in [-0.4, -0.2) is 70.0 Å². The molecule has 3 heterocycles. The summed E-state index contributed by atoms with van der Waals surface area (Å²) >= 11 is 0. The lowest BCUT2D eigenvalue weighted by atomic mass is 9.93. The second kappa shape index (κ2) is 6.77. The Morgan fingerprint density at radius 3 is 3.17 bits per heavy atom. The zero-order valence-electron chi connectivity index (χ0n) is 14.1. The van der Waals surface area contributed by atoms with Crippen LogP contribution in [-0.2, 0) is 17.7 Å². The van der Waals surface area contributed by atoms with Gasteiger partial charge >= 0.3 is 0 Å². The van der Waals surface area contributed by atoms with Crippen molar-refractivity contribution in [2.45, 2.75) is 25.0 Å². The number of piperazine rings is 1. The molecule has 0 spiro atoms.